The SMILES string of the molecule is CCCCCCCCCCCCCC(=O)CCCNC(=O)CCNC(=O)[C@H](O)C(C)(C)COP(=O)(O)OP(=O)(O)OC[C@H]1O[C@@H](n2cnc3c(N)ncnc32)[C@@H]2OP(=O)(O)O[C@@H]21. The van der Waals surface area contributed by atoms with E-state index in [0.717, 1.165) is 25.6 Å². The lowest BCUT2D eigenvalue weighted by molar-refractivity contribution is -0.137. The van der Waals surface area contributed by atoms with Crippen LogP contribution >= 0.6 is 23.5 Å². The van der Waals surface area contributed by atoms with Crippen molar-refractivity contribution in [2.45, 2.75) is 148 Å². The van der Waals surface area contributed by atoms with Gasteiger partial charge in [0.1, 0.15) is 42.0 Å². The van der Waals surface area contributed by atoms with Gasteiger partial charge in [-0.15, -0.1) is 0 Å². The minimum atomic E-state index is -5.44. The zero-order valence-electron chi connectivity index (χ0n) is 35.4. The van der Waals surface area contributed by atoms with Gasteiger partial charge in [0.25, 0.3) is 0 Å². The van der Waals surface area contributed by atoms with Gasteiger partial charge in [-0.25, -0.2) is 28.6 Å². The molecule has 2 fully saturated rings. The average Bonchev–Trinajstić information content (AvgIpc) is 3.87. The number of rotatable bonds is 30. The van der Waals surface area contributed by atoms with Crippen molar-refractivity contribution >= 4 is 58.0 Å². The molecule has 2 aromatic rings. The lowest BCUT2D eigenvalue weighted by Gasteiger charge is -2.30. The van der Waals surface area contributed by atoms with Gasteiger partial charge in [0.2, 0.25) is 11.8 Å². The number of nitrogens with zero attached hydrogens (tertiary/aromatic N) is 4. The molecule has 0 radical (unpaired) electrons. The molecule has 8 atom stereocenters. The zero-order chi connectivity index (χ0) is 45.6. The zero-order valence-corrected chi connectivity index (χ0v) is 38.1. The molecule has 0 bridgehead atoms. The van der Waals surface area contributed by atoms with Crippen LogP contribution in [0, 0.1) is 5.41 Å². The normalized spacial score (nSPS) is 23.7. The Kier molecular flexibility index (Phi) is 20.1. The van der Waals surface area contributed by atoms with Gasteiger partial charge in [-0.3, -0.25) is 37.0 Å². The number of unbranched alkanes of at least 4 members (excludes halogenated alkanes) is 10. The molecule has 23 nitrogen and oxygen atoms in total. The Morgan fingerprint density at radius 2 is 1.50 bits per heavy atom. The van der Waals surface area contributed by atoms with Gasteiger partial charge in [-0.2, -0.15) is 4.31 Å². The lowest BCUT2D eigenvalue weighted by atomic mass is 9.87. The fraction of sp³-hybridized carbons (Fsp3) is 0.778. The molecule has 4 rings (SSSR count). The number of fused-ring (bicyclic) bond motifs is 2. The number of ketones is 1. The van der Waals surface area contributed by atoms with E-state index in [-0.39, 0.29) is 41.6 Å². The van der Waals surface area contributed by atoms with Crippen LogP contribution in [-0.4, -0.2) is 108 Å². The smallest absolute Gasteiger partial charge is 0.383 e. The molecule has 352 valence electrons. The molecule has 8 N–H and O–H groups in total. The van der Waals surface area contributed by atoms with Gasteiger partial charge in [0.15, 0.2) is 17.7 Å². The van der Waals surface area contributed by atoms with Crippen molar-refractivity contribution in [1.82, 2.24) is 30.2 Å². The standard InChI is InChI=1S/C36H62N7O16P3/c1-4-5-6-7-8-9-10-11-12-13-14-16-25(44)17-15-19-38-27(45)18-20-39-34(47)31(46)36(2,3)22-55-61(50,51)59-60(48,49)54-21-26-29-30(58-62(52,53)57-29)35(56-26)43-24-42-28-32(37)40-23-41-33(28)43/h23-24,26,29-31,35,46H,4-22H2,1-3H3,(H,38,45)(H,39,47)(H,48,49)(H,50,51)(H,52,53)(H2,37,40,41)/t26-,29-,30-,31+,35-/m1/s1. The summed E-state index contributed by atoms with van der Waals surface area (Å²) in [5.41, 5.74) is 4.61. The first kappa shape index (κ1) is 51.9. The molecule has 0 spiro atoms. The van der Waals surface area contributed by atoms with Gasteiger partial charge in [0.05, 0.1) is 19.5 Å². The van der Waals surface area contributed by atoms with Crippen LogP contribution < -0.4 is 16.4 Å². The Morgan fingerprint density at radius 1 is 0.887 bits per heavy atom. The molecule has 0 aromatic carbocycles. The van der Waals surface area contributed by atoms with Crippen LogP contribution in [0.3, 0.4) is 0 Å². The highest BCUT2D eigenvalue weighted by Crippen LogP contribution is 2.62. The van der Waals surface area contributed by atoms with Gasteiger partial charge in [-0.1, -0.05) is 85.0 Å². The third-order valence-electron chi connectivity index (χ3n) is 10.3. The molecule has 26 heteroatoms. The van der Waals surface area contributed by atoms with E-state index < -0.39 is 78.6 Å². The third-order valence-corrected chi connectivity index (χ3v) is 13.9. The van der Waals surface area contributed by atoms with Crippen molar-refractivity contribution in [1.29, 1.82) is 0 Å². The predicted molar refractivity (Wildman–Crippen MR) is 222 cm³/mol. The third kappa shape index (κ3) is 16.4. The average molecular weight is 942 g/mol. The number of phosphoric acid groups is 3. The number of aliphatic hydroxyl groups excluding tert-OH is 1. The van der Waals surface area contributed by atoms with Crippen LogP contribution in [0.4, 0.5) is 5.82 Å². The number of carbonyl (C=O) groups is 3. The van der Waals surface area contributed by atoms with Gasteiger partial charge >= 0.3 is 23.5 Å². The topological polar surface area (TPSA) is 332 Å². The van der Waals surface area contributed by atoms with Crippen LogP contribution in [-0.2, 0) is 55.2 Å². The molecule has 2 aliphatic rings. The molecule has 2 aromatic heterocycles. The molecular formula is C36H62N7O16P3. The highest BCUT2D eigenvalue weighted by atomic mass is 31.3. The fourth-order valence-corrected chi connectivity index (χ4v) is 10.2. The number of hydrogen-bond donors (Lipinski definition) is 7. The van der Waals surface area contributed by atoms with Crippen molar-refractivity contribution in [3.63, 3.8) is 0 Å². The number of anilines is 1. The maximum Gasteiger partial charge on any atom is 0.481 e. The summed E-state index contributed by atoms with van der Waals surface area (Å²) < 4.78 is 69.2. The summed E-state index contributed by atoms with van der Waals surface area (Å²) in [5.74, 6) is -1.11. The largest absolute Gasteiger partial charge is 0.481 e. The number of hydrogen-bond acceptors (Lipinski definition) is 17. The fourth-order valence-electron chi connectivity index (χ4n) is 6.83. The summed E-state index contributed by atoms with van der Waals surface area (Å²) in [6.07, 6.45) is 9.90. The van der Waals surface area contributed by atoms with E-state index in [1.165, 1.54) is 76.1 Å². The minimum absolute atomic E-state index is 0.0354. The number of nitrogens with one attached hydrogen (secondary N) is 2. The molecule has 0 saturated carbocycles. The summed E-state index contributed by atoms with van der Waals surface area (Å²) in [6, 6.07) is 0. The van der Waals surface area contributed by atoms with E-state index in [2.05, 4.69) is 36.8 Å². The highest BCUT2D eigenvalue weighted by molar-refractivity contribution is 7.61. The van der Waals surface area contributed by atoms with Gasteiger partial charge in [0, 0.05) is 37.8 Å². The molecule has 2 saturated heterocycles. The van der Waals surface area contributed by atoms with E-state index >= 15 is 0 Å². The molecule has 4 heterocycles. The van der Waals surface area contributed by atoms with Crippen molar-refractivity contribution in [3.05, 3.63) is 12.7 Å². The van der Waals surface area contributed by atoms with Crippen LogP contribution in [0.25, 0.3) is 11.2 Å². The number of phosphoric ester groups is 3. The summed E-state index contributed by atoms with van der Waals surface area (Å²) in [5, 5.41) is 15.7. The van der Waals surface area contributed by atoms with E-state index in [1.54, 1.807) is 0 Å². The Balaban J connectivity index is 1.10. The maximum atomic E-state index is 12.7. The number of nitrogen functional groups attached to an aromatic ring is 1. The molecule has 3 unspecified atom stereocenters. The van der Waals surface area contributed by atoms with E-state index in [0.29, 0.717) is 25.8 Å². The number of nitrogens with two attached hydrogens (primary N) is 1. The van der Waals surface area contributed by atoms with E-state index in [1.807, 2.05) is 0 Å². The van der Waals surface area contributed by atoms with Crippen molar-refractivity contribution in [2.24, 2.45) is 5.41 Å². The van der Waals surface area contributed by atoms with Crippen LogP contribution in [0.1, 0.15) is 123 Å². The van der Waals surface area contributed by atoms with E-state index in [9.17, 15) is 47.9 Å². The Labute approximate surface area is 360 Å². The highest BCUT2D eigenvalue weighted by Gasteiger charge is 2.58. The van der Waals surface area contributed by atoms with Crippen LogP contribution in [0.15, 0.2) is 12.7 Å². The summed E-state index contributed by atoms with van der Waals surface area (Å²) in [6.45, 7) is 3.24. The number of imidazole rings is 1. The van der Waals surface area contributed by atoms with Crippen molar-refractivity contribution in [3.8, 4) is 0 Å². The first-order valence-electron chi connectivity index (χ1n) is 20.9. The van der Waals surface area contributed by atoms with Crippen molar-refractivity contribution in [2.75, 3.05) is 32.0 Å². The Hall–Kier alpha value is -2.75. The quantitative estimate of drug-likeness (QED) is 0.0419. The molecule has 62 heavy (non-hydrogen) atoms. The number of Topliss-reactive ketones (excluding diaryl/α,β-unsaturated/α-hetero) is 1. The summed E-state index contributed by atoms with van der Waals surface area (Å²) in [7, 11) is -15.5. The van der Waals surface area contributed by atoms with E-state index in [4.69, 9.17) is 28.6 Å². The van der Waals surface area contributed by atoms with Crippen LogP contribution in [0.5, 0.6) is 0 Å². The van der Waals surface area contributed by atoms with Crippen molar-refractivity contribution < 1.29 is 75.0 Å². The van der Waals surface area contributed by atoms with Gasteiger partial charge < -0.3 is 40.9 Å². The molecule has 0 aliphatic carbocycles. The Bertz CT molecular complexity index is 1940. The second kappa shape index (κ2) is 24.0. The number of amides is 2. The maximum absolute atomic E-state index is 12.7. The second-order valence-corrected chi connectivity index (χ2v) is 20.5. The van der Waals surface area contributed by atoms with Gasteiger partial charge in [-0.05, 0) is 12.8 Å². The number of carbonyl (C=O) groups excluding carboxylic acids is 3. The first-order chi connectivity index (χ1) is 29.2. The molecule has 2 aliphatic heterocycles. The minimum Gasteiger partial charge on any atom is -0.383 e. The first-order valence-corrected chi connectivity index (χ1v) is 25.4. The second-order valence-electron chi connectivity index (χ2n) is 16.1. The monoisotopic (exact) mass is 941 g/mol. The number of ether oxygens (including phenoxy) is 1. The predicted octanol–water partition coefficient (Wildman–Crippen LogP) is 4.50. The molecule has 2 amide bonds. The Morgan fingerprint density at radius 3 is 2.18 bits per heavy atom. The lowest BCUT2D eigenvalue weighted by Crippen LogP contribution is -2.46. The number of aromatic nitrogens is 4. The number of aliphatic hydroxyl groups is 1. The molecular weight excluding hydrogens is 879 g/mol. The summed E-state index contributed by atoms with van der Waals surface area (Å²) >= 11 is 0. The summed E-state index contributed by atoms with van der Waals surface area (Å²) in [4.78, 5) is 79.7. The van der Waals surface area contributed by atoms with Crippen LogP contribution in [0.2, 0.25) is 0 Å².